The van der Waals surface area contributed by atoms with Crippen molar-refractivity contribution in [3.05, 3.63) is 53.9 Å². The Bertz CT molecular complexity index is 789. The number of pyridine rings is 1. The van der Waals surface area contributed by atoms with Crippen LogP contribution in [0.2, 0.25) is 0 Å². The lowest BCUT2D eigenvalue weighted by atomic mass is 9.94. The van der Waals surface area contributed by atoms with Gasteiger partial charge in [0.15, 0.2) is 0 Å². The number of nitrogens with one attached hydrogen (secondary N) is 1. The van der Waals surface area contributed by atoms with Crippen LogP contribution in [0.15, 0.2) is 42.7 Å². The van der Waals surface area contributed by atoms with Crippen molar-refractivity contribution >= 4 is 10.9 Å². The van der Waals surface area contributed by atoms with Gasteiger partial charge in [0, 0.05) is 28.9 Å². The number of aryl methyl sites for hydroxylation is 1. The van der Waals surface area contributed by atoms with Gasteiger partial charge in [-0.3, -0.25) is 4.98 Å². The van der Waals surface area contributed by atoms with E-state index in [1.165, 1.54) is 27.7 Å². The summed E-state index contributed by atoms with van der Waals surface area (Å²) in [6, 6.07) is 10.8. The lowest BCUT2D eigenvalue weighted by molar-refractivity contribution is 0.738. The number of nitrogens with zero attached hydrogens (tertiary/aromatic N) is 1. The number of hydrogen-bond donors (Lipinski definition) is 2. The summed E-state index contributed by atoms with van der Waals surface area (Å²) < 4.78 is 0. The molecule has 0 aliphatic rings. The van der Waals surface area contributed by atoms with Gasteiger partial charge in [0.1, 0.15) is 0 Å². The zero-order valence-electron chi connectivity index (χ0n) is 14.7. The molecule has 24 heavy (non-hydrogen) atoms. The summed E-state index contributed by atoms with van der Waals surface area (Å²) in [7, 11) is 0. The van der Waals surface area contributed by atoms with Crippen LogP contribution >= 0.6 is 0 Å². The molecule has 3 aromatic rings. The lowest BCUT2D eigenvalue weighted by Gasteiger charge is -2.10. The van der Waals surface area contributed by atoms with Gasteiger partial charge in [0.05, 0.1) is 5.69 Å². The smallest absolute Gasteiger partial charge is 0.0513 e. The van der Waals surface area contributed by atoms with Gasteiger partial charge in [0.25, 0.3) is 0 Å². The van der Waals surface area contributed by atoms with E-state index in [0.29, 0.717) is 5.92 Å². The normalized spacial score (nSPS) is 12.6. The molecule has 3 rings (SSSR count). The SMILES string of the molecule is CCC(C)c1cccc2c(CCCCN)c(-c3cccnc3)[nH]c12. The minimum atomic E-state index is 0.547. The predicted molar refractivity (Wildman–Crippen MR) is 102 cm³/mol. The highest BCUT2D eigenvalue weighted by molar-refractivity contribution is 5.93. The van der Waals surface area contributed by atoms with Crippen LogP contribution in [-0.2, 0) is 6.42 Å². The Labute approximate surface area is 144 Å². The molecular weight excluding hydrogens is 294 g/mol. The zero-order valence-corrected chi connectivity index (χ0v) is 14.7. The highest BCUT2D eigenvalue weighted by Gasteiger charge is 2.17. The molecule has 1 unspecified atom stereocenters. The lowest BCUT2D eigenvalue weighted by Crippen LogP contribution is -1.99. The van der Waals surface area contributed by atoms with Gasteiger partial charge >= 0.3 is 0 Å². The van der Waals surface area contributed by atoms with Crippen LogP contribution in [0.4, 0.5) is 0 Å². The van der Waals surface area contributed by atoms with Gasteiger partial charge in [-0.05, 0) is 61.4 Å². The van der Waals surface area contributed by atoms with Crippen molar-refractivity contribution < 1.29 is 0 Å². The number of nitrogens with two attached hydrogens (primary N) is 1. The van der Waals surface area contributed by atoms with Crippen LogP contribution in [0.1, 0.15) is 50.2 Å². The molecule has 3 N–H and O–H groups in total. The number of hydrogen-bond acceptors (Lipinski definition) is 2. The van der Waals surface area contributed by atoms with Crippen molar-refractivity contribution in [3.63, 3.8) is 0 Å². The fraction of sp³-hybridized carbons (Fsp3) is 0.381. The van der Waals surface area contributed by atoms with E-state index < -0.39 is 0 Å². The highest BCUT2D eigenvalue weighted by atomic mass is 14.7. The summed E-state index contributed by atoms with van der Waals surface area (Å²) in [5, 5.41) is 1.35. The Morgan fingerprint density at radius 2 is 2.04 bits per heavy atom. The maximum absolute atomic E-state index is 5.69. The molecule has 3 nitrogen and oxygen atoms in total. The standard InChI is InChI=1S/C21H27N3/c1-3-15(2)17-10-6-11-19-18(9-4-5-12-22)20(24-21(17)19)16-8-7-13-23-14-16/h6-8,10-11,13-15,24H,3-5,9,12,22H2,1-2H3. The first kappa shape index (κ1) is 16.7. The van der Waals surface area contributed by atoms with Crippen molar-refractivity contribution in [2.24, 2.45) is 5.73 Å². The molecule has 0 spiro atoms. The first-order valence-electron chi connectivity index (χ1n) is 9.00. The monoisotopic (exact) mass is 321 g/mol. The van der Waals surface area contributed by atoms with Crippen LogP contribution in [0.25, 0.3) is 22.2 Å². The van der Waals surface area contributed by atoms with E-state index in [4.69, 9.17) is 5.73 Å². The molecule has 0 amide bonds. The van der Waals surface area contributed by atoms with Crippen molar-refractivity contribution in [2.45, 2.75) is 45.4 Å². The summed E-state index contributed by atoms with van der Waals surface area (Å²) in [5.74, 6) is 0.547. The molecule has 1 aromatic carbocycles. The second-order valence-electron chi connectivity index (χ2n) is 6.55. The van der Waals surface area contributed by atoms with Gasteiger partial charge in [-0.1, -0.05) is 32.0 Å². The summed E-state index contributed by atoms with van der Waals surface area (Å²) in [5.41, 5.74) is 12.2. The van der Waals surface area contributed by atoms with Crippen molar-refractivity contribution in [1.82, 2.24) is 9.97 Å². The van der Waals surface area contributed by atoms with Crippen LogP contribution in [0.5, 0.6) is 0 Å². The number of unbranched alkanes of at least 4 members (excludes halogenated alkanes) is 1. The van der Waals surface area contributed by atoms with Crippen molar-refractivity contribution in [3.8, 4) is 11.3 Å². The van der Waals surface area contributed by atoms with Crippen LogP contribution < -0.4 is 5.73 Å². The van der Waals surface area contributed by atoms with E-state index in [0.717, 1.165) is 37.8 Å². The quantitative estimate of drug-likeness (QED) is 0.600. The summed E-state index contributed by atoms with van der Waals surface area (Å²) in [6.07, 6.45) is 8.13. The number of aromatic nitrogens is 2. The maximum atomic E-state index is 5.69. The van der Waals surface area contributed by atoms with Crippen molar-refractivity contribution in [2.75, 3.05) is 6.54 Å². The van der Waals surface area contributed by atoms with Gasteiger partial charge < -0.3 is 10.7 Å². The van der Waals surface area contributed by atoms with E-state index in [9.17, 15) is 0 Å². The molecule has 1 atom stereocenters. The molecule has 0 bridgehead atoms. The molecule has 0 aliphatic carbocycles. The Hall–Kier alpha value is -2.13. The molecular formula is C21H27N3. The molecule has 2 heterocycles. The third-order valence-electron chi connectivity index (χ3n) is 4.95. The Balaban J connectivity index is 2.16. The number of aromatic amines is 1. The van der Waals surface area contributed by atoms with Gasteiger partial charge in [-0.15, -0.1) is 0 Å². The molecule has 2 aromatic heterocycles. The first-order valence-corrected chi connectivity index (χ1v) is 9.00. The van der Waals surface area contributed by atoms with E-state index in [-0.39, 0.29) is 0 Å². The zero-order chi connectivity index (χ0) is 16.9. The van der Waals surface area contributed by atoms with E-state index in [1.807, 2.05) is 18.5 Å². The minimum Gasteiger partial charge on any atom is -0.354 e. The molecule has 3 heteroatoms. The Kier molecular flexibility index (Phi) is 5.31. The Morgan fingerprint density at radius 3 is 2.75 bits per heavy atom. The fourth-order valence-corrected chi connectivity index (χ4v) is 3.39. The van der Waals surface area contributed by atoms with Crippen molar-refractivity contribution in [1.29, 1.82) is 0 Å². The average Bonchev–Trinajstić information content (AvgIpc) is 3.01. The Morgan fingerprint density at radius 1 is 1.17 bits per heavy atom. The predicted octanol–water partition coefficient (Wildman–Crippen LogP) is 5.02. The molecule has 0 radical (unpaired) electrons. The number of rotatable bonds is 7. The molecule has 0 saturated carbocycles. The summed E-state index contributed by atoms with van der Waals surface area (Å²) in [4.78, 5) is 8.02. The third-order valence-corrected chi connectivity index (χ3v) is 4.95. The molecule has 126 valence electrons. The minimum absolute atomic E-state index is 0.547. The third kappa shape index (κ3) is 3.22. The van der Waals surface area contributed by atoms with E-state index in [1.54, 1.807) is 0 Å². The van der Waals surface area contributed by atoms with Crippen LogP contribution in [-0.4, -0.2) is 16.5 Å². The topological polar surface area (TPSA) is 54.7 Å². The summed E-state index contributed by atoms with van der Waals surface area (Å²) >= 11 is 0. The van der Waals surface area contributed by atoms with E-state index in [2.05, 4.69) is 48.1 Å². The van der Waals surface area contributed by atoms with Gasteiger partial charge in [0.2, 0.25) is 0 Å². The first-order chi connectivity index (χ1) is 11.8. The number of para-hydroxylation sites is 1. The van der Waals surface area contributed by atoms with Crippen LogP contribution in [0, 0.1) is 0 Å². The van der Waals surface area contributed by atoms with Gasteiger partial charge in [-0.25, -0.2) is 0 Å². The number of H-pyrrole nitrogens is 1. The largest absolute Gasteiger partial charge is 0.354 e. The molecule has 0 fully saturated rings. The summed E-state index contributed by atoms with van der Waals surface area (Å²) in [6.45, 7) is 5.30. The molecule has 0 aliphatic heterocycles. The second kappa shape index (κ2) is 7.63. The fourth-order valence-electron chi connectivity index (χ4n) is 3.39. The number of benzene rings is 1. The maximum Gasteiger partial charge on any atom is 0.0513 e. The second-order valence-corrected chi connectivity index (χ2v) is 6.55. The number of fused-ring (bicyclic) bond motifs is 1. The molecule has 0 saturated heterocycles. The van der Waals surface area contributed by atoms with E-state index >= 15 is 0 Å². The average molecular weight is 321 g/mol. The highest BCUT2D eigenvalue weighted by Crippen LogP contribution is 2.35. The van der Waals surface area contributed by atoms with Gasteiger partial charge in [-0.2, -0.15) is 0 Å². The van der Waals surface area contributed by atoms with Crippen LogP contribution in [0.3, 0.4) is 0 Å².